The molecule has 1 aromatic carbocycles. The first-order valence-electron chi connectivity index (χ1n) is 4.23. The molecule has 2 rings (SSSR count). The van der Waals surface area contributed by atoms with Gasteiger partial charge in [0.2, 0.25) is 0 Å². The van der Waals surface area contributed by atoms with Crippen molar-refractivity contribution in [2.75, 3.05) is 7.11 Å². The lowest BCUT2D eigenvalue weighted by atomic mass is 9.77. The Morgan fingerprint density at radius 3 is 2.93 bits per heavy atom. The summed E-state index contributed by atoms with van der Waals surface area (Å²) >= 11 is 3.39. The maximum Gasteiger partial charge on any atom is 0.311 e. The molecule has 4 heteroatoms. The number of halogens is 1. The van der Waals surface area contributed by atoms with Gasteiger partial charge in [-0.2, -0.15) is 0 Å². The normalized spacial score (nSPS) is 18.3. The summed E-state index contributed by atoms with van der Waals surface area (Å²) in [7, 11) is 1.56. The lowest BCUT2D eigenvalue weighted by Gasteiger charge is -2.29. The summed E-state index contributed by atoms with van der Waals surface area (Å²) in [4.78, 5) is 10.9. The van der Waals surface area contributed by atoms with Crippen LogP contribution in [0.1, 0.15) is 17.0 Å². The molecule has 0 saturated carbocycles. The van der Waals surface area contributed by atoms with Gasteiger partial charge in [0.25, 0.3) is 0 Å². The molecule has 0 fully saturated rings. The molecule has 74 valence electrons. The van der Waals surface area contributed by atoms with E-state index in [0.717, 1.165) is 15.6 Å². The van der Waals surface area contributed by atoms with E-state index in [1.54, 1.807) is 13.2 Å². The number of carboxylic acid groups (broad SMARTS) is 1. The summed E-state index contributed by atoms with van der Waals surface area (Å²) in [5, 5.41) is 8.92. The number of hydrogen-bond acceptors (Lipinski definition) is 2. The number of fused-ring (bicyclic) bond motifs is 1. The molecule has 1 aromatic rings. The molecule has 0 amide bonds. The molecule has 3 nitrogen and oxygen atoms in total. The van der Waals surface area contributed by atoms with Crippen LogP contribution in [0.4, 0.5) is 0 Å². The zero-order chi connectivity index (χ0) is 10.3. The van der Waals surface area contributed by atoms with Gasteiger partial charge < -0.3 is 9.84 Å². The quantitative estimate of drug-likeness (QED) is 0.883. The van der Waals surface area contributed by atoms with Crippen molar-refractivity contribution in [3.8, 4) is 5.75 Å². The highest BCUT2D eigenvalue weighted by Gasteiger charge is 2.36. The van der Waals surface area contributed by atoms with Gasteiger partial charge in [0, 0.05) is 10.0 Å². The number of ether oxygens (including phenoxy) is 1. The lowest BCUT2D eigenvalue weighted by molar-refractivity contribution is -0.139. The Kier molecular flexibility index (Phi) is 2.23. The molecule has 1 atom stereocenters. The minimum atomic E-state index is -0.783. The van der Waals surface area contributed by atoms with Gasteiger partial charge >= 0.3 is 5.97 Å². The van der Waals surface area contributed by atoms with Crippen LogP contribution < -0.4 is 4.74 Å². The van der Waals surface area contributed by atoms with Gasteiger partial charge in [-0.1, -0.05) is 15.9 Å². The fraction of sp³-hybridized carbons (Fsp3) is 0.300. The summed E-state index contributed by atoms with van der Waals surface area (Å²) in [6, 6.07) is 3.67. The Hall–Kier alpha value is -1.03. The predicted octanol–water partition coefficient (Wildman–Crippen LogP) is 2.18. The number of carbonyl (C=O) groups is 1. The number of methoxy groups -OCH3 is 1. The average molecular weight is 257 g/mol. The van der Waals surface area contributed by atoms with E-state index in [1.165, 1.54) is 0 Å². The summed E-state index contributed by atoms with van der Waals surface area (Å²) in [6.45, 7) is 0. The van der Waals surface area contributed by atoms with Crippen LogP contribution in [-0.2, 0) is 11.2 Å². The van der Waals surface area contributed by atoms with E-state index < -0.39 is 11.9 Å². The van der Waals surface area contributed by atoms with Crippen LogP contribution in [0.2, 0.25) is 0 Å². The number of aliphatic carboxylic acids is 1. The van der Waals surface area contributed by atoms with Crippen molar-refractivity contribution in [3.05, 3.63) is 27.7 Å². The first-order valence-corrected chi connectivity index (χ1v) is 5.02. The molecule has 1 aliphatic rings. The van der Waals surface area contributed by atoms with Crippen molar-refractivity contribution < 1.29 is 14.6 Å². The molecule has 0 spiro atoms. The summed E-state index contributed by atoms with van der Waals surface area (Å²) < 4.78 is 6.09. The third-order valence-corrected chi connectivity index (χ3v) is 3.28. The minimum Gasteiger partial charge on any atom is -0.496 e. The van der Waals surface area contributed by atoms with E-state index in [9.17, 15) is 4.79 Å². The fourth-order valence-electron chi connectivity index (χ4n) is 1.77. The topological polar surface area (TPSA) is 46.5 Å². The van der Waals surface area contributed by atoms with Crippen LogP contribution in [0.15, 0.2) is 16.6 Å². The number of carboxylic acids is 1. The SMILES string of the molecule is COc1ccc(Br)c2c1C(C(=O)O)C2. The van der Waals surface area contributed by atoms with Gasteiger partial charge in [-0.05, 0) is 24.1 Å². The molecule has 0 heterocycles. The molecule has 0 bridgehead atoms. The number of hydrogen-bond donors (Lipinski definition) is 1. The molecular weight excluding hydrogens is 248 g/mol. The van der Waals surface area contributed by atoms with E-state index in [-0.39, 0.29) is 0 Å². The third-order valence-electron chi connectivity index (χ3n) is 2.53. The highest BCUT2D eigenvalue weighted by Crippen LogP contribution is 2.45. The average Bonchev–Trinajstić information content (AvgIpc) is 2.07. The Labute approximate surface area is 89.8 Å². The van der Waals surface area contributed by atoms with Gasteiger partial charge in [-0.3, -0.25) is 4.79 Å². The predicted molar refractivity (Wildman–Crippen MR) is 54.8 cm³/mol. The Bertz CT molecular complexity index is 401. The first kappa shape index (κ1) is 9.52. The Morgan fingerprint density at radius 1 is 1.64 bits per heavy atom. The molecule has 1 aliphatic carbocycles. The van der Waals surface area contributed by atoms with Crippen LogP contribution in [0.5, 0.6) is 5.75 Å². The molecule has 14 heavy (non-hydrogen) atoms. The molecule has 0 aliphatic heterocycles. The molecule has 0 radical (unpaired) electrons. The standard InChI is InChI=1S/C10H9BrO3/c1-14-8-3-2-7(11)5-4-6(9(5)8)10(12)13/h2-3,6H,4H2,1H3,(H,12,13). The van der Waals surface area contributed by atoms with Gasteiger partial charge in [0.15, 0.2) is 0 Å². The summed E-state index contributed by atoms with van der Waals surface area (Å²) in [5.41, 5.74) is 1.87. The maximum absolute atomic E-state index is 10.9. The van der Waals surface area contributed by atoms with E-state index in [0.29, 0.717) is 12.2 Å². The molecule has 0 saturated heterocycles. The highest BCUT2D eigenvalue weighted by atomic mass is 79.9. The number of benzene rings is 1. The zero-order valence-electron chi connectivity index (χ0n) is 7.58. The number of rotatable bonds is 2. The molecule has 1 N–H and O–H groups in total. The van der Waals surface area contributed by atoms with Crippen LogP contribution in [0.25, 0.3) is 0 Å². The van der Waals surface area contributed by atoms with Gasteiger partial charge in [-0.25, -0.2) is 0 Å². The Morgan fingerprint density at radius 2 is 2.36 bits per heavy atom. The molecule has 0 aromatic heterocycles. The second-order valence-electron chi connectivity index (χ2n) is 3.24. The second-order valence-corrected chi connectivity index (χ2v) is 4.09. The van der Waals surface area contributed by atoms with Crippen molar-refractivity contribution in [2.24, 2.45) is 0 Å². The smallest absolute Gasteiger partial charge is 0.311 e. The summed E-state index contributed by atoms with van der Waals surface area (Å²) in [6.07, 6.45) is 0.586. The van der Waals surface area contributed by atoms with Crippen LogP contribution in [0.3, 0.4) is 0 Å². The molecular formula is C10H9BrO3. The van der Waals surface area contributed by atoms with Crippen LogP contribution in [-0.4, -0.2) is 18.2 Å². The third kappa shape index (κ3) is 1.21. The van der Waals surface area contributed by atoms with Gasteiger partial charge in [-0.15, -0.1) is 0 Å². The maximum atomic E-state index is 10.9. The van der Waals surface area contributed by atoms with Crippen molar-refractivity contribution in [3.63, 3.8) is 0 Å². The first-order chi connectivity index (χ1) is 6.65. The monoisotopic (exact) mass is 256 g/mol. The highest BCUT2D eigenvalue weighted by molar-refractivity contribution is 9.10. The van der Waals surface area contributed by atoms with Crippen molar-refractivity contribution in [1.29, 1.82) is 0 Å². The lowest BCUT2D eigenvalue weighted by Crippen LogP contribution is -2.26. The van der Waals surface area contributed by atoms with Crippen LogP contribution >= 0.6 is 15.9 Å². The minimum absolute atomic E-state index is 0.405. The van der Waals surface area contributed by atoms with Crippen molar-refractivity contribution in [2.45, 2.75) is 12.3 Å². The van der Waals surface area contributed by atoms with E-state index in [4.69, 9.17) is 9.84 Å². The van der Waals surface area contributed by atoms with Crippen molar-refractivity contribution in [1.82, 2.24) is 0 Å². The van der Waals surface area contributed by atoms with Gasteiger partial charge in [0.05, 0.1) is 13.0 Å². The zero-order valence-corrected chi connectivity index (χ0v) is 9.17. The van der Waals surface area contributed by atoms with E-state index in [1.807, 2.05) is 6.07 Å². The van der Waals surface area contributed by atoms with Crippen molar-refractivity contribution >= 4 is 21.9 Å². The van der Waals surface area contributed by atoms with E-state index in [2.05, 4.69) is 15.9 Å². The largest absolute Gasteiger partial charge is 0.496 e. The van der Waals surface area contributed by atoms with E-state index >= 15 is 0 Å². The molecule has 1 unspecified atom stereocenters. The summed E-state index contributed by atoms with van der Waals surface area (Å²) in [5.74, 6) is -0.520. The van der Waals surface area contributed by atoms with Crippen LogP contribution in [0, 0.1) is 0 Å². The second kappa shape index (κ2) is 3.28. The van der Waals surface area contributed by atoms with Gasteiger partial charge in [0.1, 0.15) is 5.75 Å². The Balaban J connectivity index is 2.50. The fourth-order valence-corrected chi connectivity index (χ4v) is 2.28.